The molecule has 1 fully saturated rings. The van der Waals surface area contributed by atoms with Crippen molar-refractivity contribution < 1.29 is 30.6 Å². The van der Waals surface area contributed by atoms with Crippen LogP contribution in [0.1, 0.15) is 6.42 Å². The highest BCUT2D eigenvalue weighted by Crippen LogP contribution is 2.24. The molecule has 18 heavy (non-hydrogen) atoms. The molecule has 0 aromatic carbocycles. The zero-order valence-electron chi connectivity index (χ0n) is 10.2. The summed E-state index contributed by atoms with van der Waals surface area (Å²) in [6.45, 7) is -0.189. The molecule has 0 unspecified atom stereocenters. The van der Waals surface area contributed by atoms with Gasteiger partial charge in [-0.25, -0.2) is 8.42 Å². The predicted molar refractivity (Wildman–Crippen MR) is 61.7 cm³/mol. The van der Waals surface area contributed by atoms with E-state index in [1.807, 2.05) is 0 Å². The van der Waals surface area contributed by atoms with E-state index >= 15 is 0 Å². The fourth-order valence-electron chi connectivity index (χ4n) is 1.80. The Morgan fingerprint density at radius 2 is 1.78 bits per heavy atom. The van der Waals surface area contributed by atoms with Gasteiger partial charge in [0.2, 0.25) is 10.0 Å². The minimum Gasteiger partial charge on any atom is -0.468 e. The van der Waals surface area contributed by atoms with E-state index in [2.05, 4.69) is 4.74 Å². The second-order valence-electron chi connectivity index (χ2n) is 4.03. The van der Waals surface area contributed by atoms with Crippen LogP contribution in [-0.4, -0.2) is 65.4 Å². The number of carbonyl (C=O) groups is 1. The van der Waals surface area contributed by atoms with E-state index in [1.165, 1.54) is 0 Å². The fraction of sp³-hybridized carbons (Fsp3) is 0.875. The quantitative estimate of drug-likeness (QED) is 0.461. The van der Waals surface area contributed by atoms with Gasteiger partial charge in [0.25, 0.3) is 10.1 Å². The van der Waals surface area contributed by atoms with Gasteiger partial charge in [-0.1, -0.05) is 0 Å². The first kappa shape index (κ1) is 15.3. The second kappa shape index (κ2) is 5.11. The minimum absolute atomic E-state index is 0.0488. The molecule has 106 valence electrons. The number of hydrogen-bond donors (Lipinski definition) is 0. The molecule has 0 N–H and O–H groups in total. The third kappa shape index (κ3) is 3.90. The Labute approximate surface area is 106 Å². The van der Waals surface area contributed by atoms with Crippen molar-refractivity contribution in [3.63, 3.8) is 0 Å². The SMILES string of the molecule is COC(=O)[C@@H]1C[C@@H](OS(C)(=O)=O)CN1S(C)(=O)=O. The van der Waals surface area contributed by atoms with Crippen molar-refractivity contribution in [2.24, 2.45) is 0 Å². The van der Waals surface area contributed by atoms with Crippen molar-refractivity contribution in [1.29, 1.82) is 0 Å². The lowest BCUT2D eigenvalue weighted by atomic mass is 10.2. The lowest BCUT2D eigenvalue weighted by Crippen LogP contribution is -2.40. The summed E-state index contributed by atoms with van der Waals surface area (Å²) in [5.41, 5.74) is 0. The van der Waals surface area contributed by atoms with E-state index < -0.39 is 38.3 Å². The number of ether oxygens (including phenoxy) is 1. The van der Waals surface area contributed by atoms with Crippen LogP contribution in [0.4, 0.5) is 0 Å². The Morgan fingerprint density at radius 3 is 2.17 bits per heavy atom. The number of carbonyl (C=O) groups excluding carboxylic acids is 1. The maximum absolute atomic E-state index is 11.5. The van der Waals surface area contributed by atoms with Gasteiger partial charge in [0.15, 0.2) is 0 Å². The smallest absolute Gasteiger partial charge is 0.324 e. The van der Waals surface area contributed by atoms with Gasteiger partial charge in [-0.05, 0) is 0 Å². The molecule has 8 nitrogen and oxygen atoms in total. The van der Waals surface area contributed by atoms with Crippen LogP contribution in [0.25, 0.3) is 0 Å². The summed E-state index contributed by atoms with van der Waals surface area (Å²) in [6, 6.07) is -1.04. The van der Waals surface area contributed by atoms with E-state index in [0.29, 0.717) is 0 Å². The van der Waals surface area contributed by atoms with Crippen molar-refractivity contribution in [1.82, 2.24) is 4.31 Å². The van der Waals surface area contributed by atoms with E-state index in [-0.39, 0.29) is 13.0 Å². The Hall–Kier alpha value is -0.710. The van der Waals surface area contributed by atoms with Gasteiger partial charge in [-0.15, -0.1) is 0 Å². The van der Waals surface area contributed by atoms with Gasteiger partial charge in [0.05, 0.1) is 25.7 Å². The Balaban J connectivity index is 2.93. The highest BCUT2D eigenvalue weighted by atomic mass is 32.2. The first-order valence-corrected chi connectivity index (χ1v) is 8.64. The summed E-state index contributed by atoms with van der Waals surface area (Å²) in [4.78, 5) is 11.4. The van der Waals surface area contributed by atoms with E-state index in [0.717, 1.165) is 23.9 Å². The van der Waals surface area contributed by atoms with Gasteiger partial charge in [-0.2, -0.15) is 12.7 Å². The normalized spacial score (nSPS) is 26.2. The molecular weight excluding hydrogens is 286 g/mol. The summed E-state index contributed by atoms with van der Waals surface area (Å²) in [5.74, 6) is -0.736. The molecule has 1 aliphatic heterocycles. The molecule has 0 bridgehead atoms. The summed E-state index contributed by atoms with van der Waals surface area (Å²) in [6.07, 6.45) is 0.876. The molecule has 1 rings (SSSR count). The largest absolute Gasteiger partial charge is 0.468 e. The third-order valence-electron chi connectivity index (χ3n) is 2.43. The Kier molecular flexibility index (Phi) is 4.36. The van der Waals surface area contributed by atoms with Crippen LogP contribution < -0.4 is 0 Å². The minimum atomic E-state index is -3.71. The van der Waals surface area contributed by atoms with Gasteiger partial charge >= 0.3 is 5.97 Å². The second-order valence-corrected chi connectivity index (χ2v) is 7.57. The molecule has 0 radical (unpaired) electrons. The lowest BCUT2D eigenvalue weighted by molar-refractivity contribution is -0.144. The number of hydrogen-bond acceptors (Lipinski definition) is 7. The zero-order valence-corrected chi connectivity index (χ0v) is 11.8. The molecule has 0 saturated carbocycles. The monoisotopic (exact) mass is 301 g/mol. The van der Waals surface area contributed by atoms with Crippen LogP contribution in [-0.2, 0) is 33.9 Å². The first-order valence-electron chi connectivity index (χ1n) is 4.97. The van der Waals surface area contributed by atoms with Crippen molar-refractivity contribution in [2.75, 3.05) is 26.2 Å². The number of sulfonamides is 1. The summed E-state index contributed by atoms with van der Waals surface area (Å²) in [7, 11) is -6.21. The van der Waals surface area contributed by atoms with Gasteiger partial charge in [0.1, 0.15) is 6.04 Å². The molecule has 1 aliphatic rings. The first-order chi connectivity index (χ1) is 8.04. The van der Waals surface area contributed by atoms with Crippen molar-refractivity contribution in [2.45, 2.75) is 18.6 Å². The summed E-state index contributed by atoms with van der Waals surface area (Å²) in [5, 5.41) is 0. The van der Waals surface area contributed by atoms with Crippen LogP contribution in [0.5, 0.6) is 0 Å². The number of nitrogens with zero attached hydrogens (tertiary/aromatic N) is 1. The maximum atomic E-state index is 11.5. The molecule has 0 aromatic heterocycles. The average molecular weight is 301 g/mol. The standard InChI is InChI=1S/C8H15NO7S2/c1-15-8(10)7-4-6(16-18(3,13)14)5-9(7)17(2,11)12/h6-7H,4-5H2,1-3H3/t6-,7+/m1/s1. The molecule has 10 heteroatoms. The summed E-state index contributed by atoms with van der Waals surface area (Å²) < 4.78 is 55.0. The molecule has 0 amide bonds. The van der Waals surface area contributed by atoms with Gasteiger partial charge < -0.3 is 4.74 Å². The maximum Gasteiger partial charge on any atom is 0.324 e. The topological polar surface area (TPSA) is 107 Å². The van der Waals surface area contributed by atoms with E-state index in [1.54, 1.807) is 0 Å². The van der Waals surface area contributed by atoms with E-state index in [4.69, 9.17) is 4.18 Å². The molecule has 0 aliphatic carbocycles. The molecule has 0 aromatic rings. The van der Waals surface area contributed by atoms with Crippen LogP contribution in [0.2, 0.25) is 0 Å². The third-order valence-corrected chi connectivity index (χ3v) is 4.30. The lowest BCUT2D eigenvalue weighted by Gasteiger charge is -2.19. The molecular formula is C8H15NO7S2. The highest BCUT2D eigenvalue weighted by Gasteiger charge is 2.44. The Morgan fingerprint density at radius 1 is 1.22 bits per heavy atom. The zero-order chi connectivity index (χ0) is 14.1. The predicted octanol–water partition coefficient (Wildman–Crippen LogP) is -1.46. The summed E-state index contributed by atoms with van der Waals surface area (Å²) >= 11 is 0. The van der Waals surface area contributed by atoms with Gasteiger partial charge in [-0.3, -0.25) is 8.98 Å². The van der Waals surface area contributed by atoms with E-state index in [9.17, 15) is 21.6 Å². The average Bonchev–Trinajstić information content (AvgIpc) is 2.57. The van der Waals surface area contributed by atoms with Crippen LogP contribution in [0.3, 0.4) is 0 Å². The van der Waals surface area contributed by atoms with Crippen molar-refractivity contribution in [3.8, 4) is 0 Å². The van der Waals surface area contributed by atoms with Crippen LogP contribution in [0.15, 0.2) is 0 Å². The Bertz CT molecular complexity index is 524. The van der Waals surface area contributed by atoms with Crippen molar-refractivity contribution in [3.05, 3.63) is 0 Å². The number of methoxy groups -OCH3 is 1. The van der Waals surface area contributed by atoms with Crippen molar-refractivity contribution >= 4 is 26.1 Å². The molecule has 2 atom stereocenters. The van der Waals surface area contributed by atoms with Gasteiger partial charge in [0, 0.05) is 13.0 Å². The number of rotatable bonds is 4. The molecule has 1 heterocycles. The van der Waals surface area contributed by atoms with Crippen LogP contribution in [0, 0.1) is 0 Å². The highest BCUT2D eigenvalue weighted by molar-refractivity contribution is 7.88. The fourth-order valence-corrected chi connectivity index (χ4v) is 3.51. The molecule has 0 spiro atoms. The van der Waals surface area contributed by atoms with Crippen LogP contribution >= 0.6 is 0 Å². The molecule has 1 saturated heterocycles. The number of esters is 1.